The Morgan fingerprint density at radius 2 is 2.31 bits per heavy atom. The molecule has 0 radical (unpaired) electrons. The first kappa shape index (κ1) is 11.5. The topological polar surface area (TPSA) is 26.3 Å². The van der Waals surface area contributed by atoms with E-state index in [-0.39, 0.29) is 11.7 Å². The number of ketones is 1. The van der Waals surface area contributed by atoms with Gasteiger partial charge >= 0.3 is 0 Å². The second-order valence-electron chi connectivity index (χ2n) is 4.37. The summed E-state index contributed by atoms with van der Waals surface area (Å²) in [4.78, 5) is 11.3. The van der Waals surface area contributed by atoms with Crippen LogP contribution in [0.3, 0.4) is 0 Å². The molecule has 0 fully saturated rings. The van der Waals surface area contributed by atoms with Gasteiger partial charge in [-0.05, 0) is 36.6 Å². The van der Waals surface area contributed by atoms with Crippen LogP contribution in [-0.4, -0.2) is 12.4 Å². The molecule has 1 atom stereocenters. The minimum atomic E-state index is 0.0202. The Morgan fingerprint density at radius 3 is 3.00 bits per heavy atom. The van der Waals surface area contributed by atoms with Crippen LogP contribution in [0, 0.1) is 5.92 Å². The fourth-order valence-electron chi connectivity index (χ4n) is 1.97. The highest BCUT2D eigenvalue weighted by molar-refractivity contribution is 6.30. The monoisotopic (exact) mass is 238 g/mol. The number of hydrogen-bond donors (Lipinski definition) is 0. The Balaban J connectivity index is 2.30. The zero-order chi connectivity index (χ0) is 11.7. The average molecular weight is 239 g/mol. The van der Waals surface area contributed by atoms with Crippen molar-refractivity contribution >= 4 is 17.4 Å². The molecule has 0 spiro atoms. The number of halogens is 1. The van der Waals surface area contributed by atoms with Gasteiger partial charge in [0.05, 0.1) is 6.61 Å². The molecule has 1 aliphatic heterocycles. The van der Waals surface area contributed by atoms with Crippen LogP contribution in [0.15, 0.2) is 12.1 Å². The highest BCUT2D eigenvalue weighted by Gasteiger charge is 2.20. The van der Waals surface area contributed by atoms with Crippen LogP contribution in [0.25, 0.3) is 0 Å². The first-order valence-corrected chi connectivity index (χ1v) is 5.90. The van der Waals surface area contributed by atoms with E-state index in [9.17, 15) is 4.79 Å². The highest BCUT2D eigenvalue weighted by atomic mass is 35.5. The number of Topliss-reactive ketones (excluding diaryl/α,β-unsaturated/α-hetero) is 1. The first-order valence-electron chi connectivity index (χ1n) is 5.52. The number of carbonyl (C=O) groups is 1. The third kappa shape index (κ3) is 2.22. The van der Waals surface area contributed by atoms with Gasteiger partial charge in [-0.3, -0.25) is 4.79 Å². The van der Waals surface area contributed by atoms with E-state index in [1.165, 1.54) is 5.56 Å². The normalized spacial score (nSPS) is 15.4. The minimum absolute atomic E-state index is 0.0202. The van der Waals surface area contributed by atoms with E-state index in [2.05, 4.69) is 0 Å². The van der Waals surface area contributed by atoms with Crippen LogP contribution >= 0.6 is 11.6 Å². The van der Waals surface area contributed by atoms with Crippen molar-refractivity contribution in [1.29, 1.82) is 0 Å². The smallest absolute Gasteiger partial charge is 0.132 e. The van der Waals surface area contributed by atoms with E-state index in [0.717, 1.165) is 29.4 Å². The van der Waals surface area contributed by atoms with E-state index in [4.69, 9.17) is 16.3 Å². The van der Waals surface area contributed by atoms with Crippen molar-refractivity contribution in [3.8, 4) is 5.75 Å². The highest BCUT2D eigenvalue weighted by Crippen LogP contribution is 2.34. The van der Waals surface area contributed by atoms with Gasteiger partial charge in [0.25, 0.3) is 0 Å². The van der Waals surface area contributed by atoms with Crippen LogP contribution in [0.2, 0.25) is 5.02 Å². The van der Waals surface area contributed by atoms with Gasteiger partial charge in [-0.2, -0.15) is 0 Å². The number of carbonyl (C=O) groups excluding carboxylic acids is 1. The molecular weight excluding hydrogens is 224 g/mol. The Hall–Kier alpha value is -1.02. The van der Waals surface area contributed by atoms with Crippen LogP contribution < -0.4 is 4.74 Å². The summed E-state index contributed by atoms with van der Waals surface area (Å²) >= 11 is 6.05. The van der Waals surface area contributed by atoms with Crippen molar-refractivity contribution in [2.45, 2.75) is 26.7 Å². The zero-order valence-corrected chi connectivity index (χ0v) is 10.3. The van der Waals surface area contributed by atoms with Crippen molar-refractivity contribution in [3.05, 3.63) is 28.3 Å². The average Bonchev–Trinajstić information content (AvgIpc) is 2.65. The molecule has 86 valence electrons. The molecule has 2 rings (SSSR count). The SMILES string of the molecule is CC(=O)C(C)Cc1cc(Cl)cc2c1OCC2. The van der Waals surface area contributed by atoms with Gasteiger partial charge in [0, 0.05) is 17.4 Å². The molecule has 2 nitrogen and oxygen atoms in total. The Morgan fingerprint density at radius 1 is 1.56 bits per heavy atom. The predicted molar refractivity (Wildman–Crippen MR) is 64.2 cm³/mol. The lowest BCUT2D eigenvalue weighted by Gasteiger charge is -2.12. The molecule has 0 saturated heterocycles. The second kappa shape index (κ2) is 4.46. The summed E-state index contributed by atoms with van der Waals surface area (Å²) in [6.07, 6.45) is 1.62. The summed E-state index contributed by atoms with van der Waals surface area (Å²) < 4.78 is 5.60. The molecule has 0 N–H and O–H groups in total. The van der Waals surface area contributed by atoms with Crippen molar-refractivity contribution in [3.63, 3.8) is 0 Å². The molecule has 0 aliphatic carbocycles. The number of hydrogen-bond acceptors (Lipinski definition) is 2. The van der Waals surface area contributed by atoms with Crippen LogP contribution in [0.1, 0.15) is 25.0 Å². The van der Waals surface area contributed by atoms with Gasteiger partial charge < -0.3 is 4.74 Å². The van der Waals surface area contributed by atoms with E-state index < -0.39 is 0 Å². The maximum Gasteiger partial charge on any atom is 0.132 e. The third-order valence-corrected chi connectivity index (χ3v) is 3.26. The summed E-state index contributed by atoms with van der Waals surface area (Å²) in [6.45, 7) is 4.28. The largest absolute Gasteiger partial charge is 0.493 e. The van der Waals surface area contributed by atoms with Crippen LogP contribution in [0.4, 0.5) is 0 Å². The van der Waals surface area contributed by atoms with Crippen LogP contribution in [0.5, 0.6) is 5.75 Å². The van der Waals surface area contributed by atoms with Crippen LogP contribution in [-0.2, 0) is 17.6 Å². The molecular formula is C13H15ClO2. The Labute approximate surface area is 101 Å². The summed E-state index contributed by atoms with van der Waals surface area (Å²) in [6, 6.07) is 3.86. The van der Waals surface area contributed by atoms with Crippen molar-refractivity contribution in [1.82, 2.24) is 0 Å². The molecule has 1 aromatic rings. The first-order chi connectivity index (χ1) is 7.58. The second-order valence-corrected chi connectivity index (χ2v) is 4.80. The molecule has 3 heteroatoms. The van der Waals surface area contributed by atoms with Gasteiger partial charge in [-0.1, -0.05) is 18.5 Å². The zero-order valence-electron chi connectivity index (χ0n) is 9.55. The summed E-state index contributed by atoms with van der Waals surface area (Å²) in [5.41, 5.74) is 2.22. The summed E-state index contributed by atoms with van der Waals surface area (Å²) in [5, 5.41) is 0.731. The number of ether oxygens (including phenoxy) is 1. The fraction of sp³-hybridized carbons (Fsp3) is 0.462. The lowest BCUT2D eigenvalue weighted by atomic mass is 9.96. The molecule has 0 amide bonds. The quantitative estimate of drug-likeness (QED) is 0.809. The van der Waals surface area contributed by atoms with E-state index in [1.54, 1.807) is 6.92 Å². The van der Waals surface area contributed by atoms with E-state index >= 15 is 0 Å². The molecule has 1 aromatic carbocycles. The fourth-order valence-corrected chi connectivity index (χ4v) is 2.23. The van der Waals surface area contributed by atoms with Gasteiger partial charge in [0.1, 0.15) is 11.5 Å². The van der Waals surface area contributed by atoms with Gasteiger partial charge in [-0.25, -0.2) is 0 Å². The van der Waals surface area contributed by atoms with E-state index in [1.807, 2.05) is 19.1 Å². The van der Waals surface area contributed by atoms with Crippen molar-refractivity contribution in [2.24, 2.45) is 5.92 Å². The van der Waals surface area contributed by atoms with Gasteiger partial charge in [0.15, 0.2) is 0 Å². The number of benzene rings is 1. The van der Waals surface area contributed by atoms with E-state index in [0.29, 0.717) is 6.42 Å². The number of fused-ring (bicyclic) bond motifs is 1. The van der Waals surface area contributed by atoms with Gasteiger partial charge in [0.2, 0.25) is 0 Å². The Kier molecular flexibility index (Phi) is 3.20. The predicted octanol–water partition coefficient (Wildman–Crippen LogP) is 3.04. The summed E-state index contributed by atoms with van der Waals surface area (Å²) in [7, 11) is 0. The molecule has 1 heterocycles. The molecule has 1 aliphatic rings. The molecule has 16 heavy (non-hydrogen) atoms. The standard InChI is InChI=1S/C13H15ClO2/c1-8(9(2)15)5-11-7-12(14)6-10-3-4-16-13(10)11/h6-8H,3-5H2,1-2H3. The lowest BCUT2D eigenvalue weighted by molar-refractivity contribution is -0.120. The lowest BCUT2D eigenvalue weighted by Crippen LogP contribution is -2.10. The number of rotatable bonds is 3. The minimum Gasteiger partial charge on any atom is -0.493 e. The maximum atomic E-state index is 11.3. The Bertz CT molecular complexity index is 426. The molecule has 0 bridgehead atoms. The summed E-state index contributed by atoms with van der Waals surface area (Å²) in [5.74, 6) is 1.16. The third-order valence-electron chi connectivity index (χ3n) is 3.05. The van der Waals surface area contributed by atoms with Gasteiger partial charge in [-0.15, -0.1) is 0 Å². The van der Waals surface area contributed by atoms with Crippen molar-refractivity contribution in [2.75, 3.05) is 6.61 Å². The van der Waals surface area contributed by atoms with Crippen molar-refractivity contribution < 1.29 is 9.53 Å². The maximum absolute atomic E-state index is 11.3. The molecule has 0 saturated carbocycles. The molecule has 0 aromatic heterocycles. The molecule has 1 unspecified atom stereocenters.